The highest BCUT2D eigenvalue weighted by atomic mass is 35.5. The molecule has 0 unspecified atom stereocenters. The number of rotatable bonds is 9. The lowest BCUT2D eigenvalue weighted by Gasteiger charge is -2.15. The largest absolute Gasteiger partial charge is 0.493 e. The van der Waals surface area contributed by atoms with E-state index in [1.165, 1.54) is 37.4 Å². The molecule has 28 heavy (non-hydrogen) atoms. The molecule has 0 saturated carbocycles. The van der Waals surface area contributed by atoms with Gasteiger partial charge < -0.3 is 19.5 Å². The van der Waals surface area contributed by atoms with E-state index >= 15 is 0 Å². The van der Waals surface area contributed by atoms with Gasteiger partial charge in [-0.25, -0.2) is 0 Å². The van der Waals surface area contributed by atoms with Crippen LogP contribution in [0.2, 0.25) is 5.02 Å². The minimum Gasteiger partial charge on any atom is -0.493 e. The maximum atomic E-state index is 12.6. The van der Waals surface area contributed by atoms with Crippen molar-refractivity contribution in [3.8, 4) is 17.2 Å². The van der Waals surface area contributed by atoms with Gasteiger partial charge in [-0.2, -0.15) is 8.78 Å². The normalized spacial score (nSPS) is 10.9. The average Bonchev–Trinajstić information content (AvgIpc) is 2.63. The van der Waals surface area contributed by atoms with Crippen molar-refractivity contribution in [2.24, 2.45) is 5.92 Å². The van der Waals surface area contributed by atoms with Crippen LogP contribution in [0.3, 0.4) is 0 Å². The number of alkyl halides is 2. The van der Waals surface area contributed by atoms with Crippen molar-refractivity contribution < 1.29 is 27.8 Å². The lowest BCUT2D eigenvalue weighted by molar-refractivity contribution is -0.0493. The van der Waals surface area contributed by atoms with E-state index in [1.54, 1.807) is 6.07 Å². The van der Waals surface area contributed by atoms with Gasteiger partial charge >= 0.3 is 6.61 Å². The number of anilines is 1. The number of benzene rings is 2. The van der Waals surface area contributed by atoms with Crippen LogP contribution in [0, 0.1) is 5.92 Å². The number of carbonyl (C=O) groups excluding carboxylic acids is 1. The summed E-state index contributed by atoms with van der Waals surface area (Å²) in [6, 6.07) is 8.81. The minimum absolute atomic E-state index is 0.111. The predicted octanol–water partition coefficient (Wildman–Crippen LogP) is 5.63. The van der Waals surface area contributed by atoms with Crippen LogP contribution in [-0.2, 0) is 0 Å². The SMILES string of the molecule is COc1cc(C(=O)Nc2ccccc2OC(F)F)cc(Cl)c1OCCC(C)C. The van der Waals surface area contributed by atoms with E-state index in [1.807, 2.05) is 0 Å². The number of hydrogen-bond acceptors (Lipinski definition) is 4. The van der Waals surface area contributed by atoms with Gasteiger partial charge in [0.25, 0.3) is 5.91 Å². The summed E-state index contributed by atoms with van der Waals surface area (Å²) < 4.78 is 40.4. The molecule has 5 nitrogen and oxygen atoms in total. The van der Waals surface area contributed by atoms with Crippen molar-refractivity contribution >= 4 is 23.2 Å². The molecule has 0 spiro atoms. The fourth-order valence-electron chi connectivity index (χ4n) is 2.35. The van der Waals surface area contributed by atoms with Crippen LogP contribution in [-0.4, -0.2) is 26.2 Å². The molecule has 2 rings (SSSR count). The van der Waals surface area contributed by atoms with Gasteiger partial charge in [0.05, 0.1) is 24.4 Å². The van der Waals surface area contributed by atoms with Gasteiger partial charge in [0, 0.05) is 5.56 Å². The number of carbonyl (C=O) groups is 1. The summed E-state index contributed by atoms with van der Waals surface area (Å²) in [4.78, 5) is 12.6. The van der Waals surface area contributed by atoms with Crippen molar-refractivity contribution in [3.05, 3.63) is 47.0 Å². The second-order valence-electron chi connectivity index (χ2n) is 6.35. The summed E-state index contributed by atoms with van der Waals surface area (Å²) in [6.07, 6.45) is 0.836. The Hall–Kier alpha value is -2.54. The first-order valence-electron chi connectivity index (χ1n) is 8.67. The maximum Gasteiger partial charge on any atom is 0.387 e. The molecule has 0 radical (unpaired) electrons. The van der Waals surface area contributed by atoms with Crippen LogP contribution >= 0.6 is 11.6 Å². The Balaban J connectivity index is 2.21. The first-order chi connectivity index (χ1) is 13.3. The van der Waals surface area contributed by atoms with Gasteiger partial charge in [-0.05, 0) is 36.6 Å². The van der Waals surface area contributed by atoms with E-state index in [2.05, 4.69) is 23.9 Å². The standard InChI is InChI=1S/C20H22ClF2NO4/c1-12(2)8-9-27-18-14(21)10-13(11-17(18)26-3)19(25)24-15-6-4-5-7-16(15)28-20(22)23/h4-7,10-12,20H,8-9H2,1-3H3,(H,24,25). The number of amides is 1. The maximum absolute atomic E-state index is 12.6. The van der Waals surface area contributed by atoms with E-state index in [0.717, 1.165) is 6.42 Å². The number of methoxy groups -OCH3 is 1. The van der Waals surface area contributed by atoms with Crippen LogP contribution in [0.4, 0.5) is 14.5 Å². The van der Waals surface area contributed by atoms with Gasteiger partial charge in [-0.3, -0.25) is 4.79 Å². The summed E-state index contributed by atoms with van der Waals surface area (Å²) in [5, 5.41) is 2.75. The molecule has 8 heteroatoms. The molecule has 0 aliphatic rings. The van der Waals surface area contributed by atoms with E-state index in [0.29, 0.717) is 24.0 Å². The lowest BCUT2D eigenvalue weighted by atomic mass is 10.1. The molecule has 0 bridgehead atoms. The number of hydrogen-bond donors (Lipinski definition) is 1. The Kier molecular flexibility index (Phi) is 7.87. The molecule has 2 aromatic rings. The molecular weight excluding hydrogens is 392 g/mol. The molecule has 1 N–H and O–H groups in total. The highest BCUT2D eigenvalue weighted by molar-refractivity contribution is 6.32. The highest BCUT2D eigenvalue weighted by Crippen LogP contribution is 2.37. The number of nitrogens with one attached hydrogen (secondary N) is 1. The number of ether oxygens (including phenoxy) is 3. The van der Waals surface area contributed by atoms with Crippen molar-refractivity contribution in [1.82, 2.24) is 0 Å². The minimum atomic E-state index is -3.00. The Morgan fingerprint density at radius 3 is 2.54 bits per heavy atom. The quantitative estimate of drug-likeness (QED) is 0.579. The molecule has 0 saturated heterocycles. The summed E-state index contributed by atoms with van der Waals surface area (Å²) in [6.45, 7) is 1.60. The van der Waals surface area contributed by atoms with E-state index in [9.17, 15) is 13.6 Å². The van der Waals surface area contributed by atoms with E-state index < -0.39 is 12.5 Å². The van der Waals surface area contributed by atoms with Crippen LogP contribution in [0.15, 0.2) is 36.4 Å². The smallest absolute Gasteiger partial charge is 0.387 e. The molecule has 0 aromatic heterocycles. The Bertz CT molecular complexity index is 815. The van der Waals surface area contributed by atoms with E-state index in [4.69, 9.17) is 21.1 Å². The summed E-state index contributed by atoms with van der Waals surface area (Å²) in [7, 11) is 1.44. The summed E-state index contributed by atoms with van der Waals surface area (Å²) >= 11 is 6.27. The van der Waals surface area contributed by atoms with Crippen molar-refractivity contribution in [1.29, 1.82) is 0 Å². The lowest BCUT2D eigenvalue weighted by Crippen LogP contribution is -2.14. The van der Waals surface area contributed by atoms with Crippen LogP contribution in [0.5, 0.6) is 17.2 Å². The zero-order chi connectivity index (χ0) is 20.7. The average molecular weight is 414 g/mol. The monoisotopic (exact) mass is 413 g/mol. The van der Waals surface area contributed by atoms with Gasteiger partial charge in [0.1, 0.15) is 5.75 Å². The third-order valence-electron chi connectivity index (χ3n) is 3.78. The third-order valence-corrected chi connectivity index (χ3v) is 4.07. The fraction of sp³-hybridized carbons (Fsp3) is 0.350. The third kappa shape index (κ3) is 5.99. The Labute approximate surface area is 167 Å². The molecule has 0 heterocycles. The number of para-hydroxylation sites is 2. The van der Waals surface area contributed by atoms with Crippen molar-refractivity contribution in [3.63, 3.8) is 0 Å². The Morgan fingerprint density at radius 2 is 1.89 bits per heavy atom. The molecule has 2 aromatic carbocycles. The second-order valence-corrected chi connectivity index (χ2v) is 6.76. The number of halogens is 3. The fourth-order valence-corrected chi connectivity index (χ4v) is 2.62. The van der Waals surface area contributed by atoms with Crippen molar-refractivity contribution in [2.45, 2.75) is 26.9 Å². The van der Waals surface area contributed by atoms with Crippen molar-refractivity contribution in [2.75, 3.05) is 19.0 Å². The molecule has 0 atom stereocenters. The predicted molar refractivity (Wildman–Crippen MR) is 104 cm³/mol. The van der Waals surface area contributed by atoms with Gasteiger partial charge in [-0.15, -0.1) is 0 Å². The molecule has 152 valence electrons. The first kappa shape index (κ1) is 21.8. The highest BCUT2D eigenvalue weighted by Gasteiger charge is 2.18. The van der Waals surface area contributed by atoms with Crippen LogP contribution in [0.1, 0.15) is 30.6 Å². The molecule has 0 aliphatic heterocycles. The molecule has 1 amide bonds. The first-order valence-corrected chi connectivity index (χ1v) is 9.05. The van der Waals surface area contributed by atoms with Crippen LogP contribution in [0.25, 0.3) is 0 Å². The zero-order valence-electron chi connectivity index (χ0n) is 15.8. The van der Waals surface area contributed by atoms with Crippen LogP contribution < -0.4 is 19.5 Å². The summed E-state index contributed by atoms with van der Waals surface area (Å²) in [5.74, 6) is 0.420. The van der Waals surface area contributed by atoms with E-state index in [-0.39, 0.29) is 22.0 Å². The molecule has 0 fully saturated rings. The Morgan fingerprint density at radius 1 is 1.18 bits per heavy atom. The van der Waals surface area contributed by atoms with Gasteiger partial charge in [-0.1, -0.05) is 37.6 Å². The summed E-state index contributed by atoms with van der Waals surface area (Å²) in [5.41, 5.74) is 0.296. The molecular formula is C20H22ClF2NO4. The molecule has 0 aliphatic carbocycles. The van der Waals surface area contributed by atoms with Gasteiger partial charge in [0.15, 0.2) is 11.5 Å². The second kappa shape index (κ2) is 10.1. The topological polar surface area (TPSA) is 56.8 Å². The van der Waals surface area contributed by atoms with Gasteiger partial charge in [0.2, 0.25) is 0 Å². The zero-order valence-corrected chi connectivity index (χ0v) is 16.6.